The van der Waals surface area contributed by atoms with Crippen molar-refractivity contribution in [1.29, 1.82) is 0 Å². The van der Waals surface area contributed by atoms with Crippen molar-refractivity contribution in [2.45, 2.75) is 6.54 Å². The first kappa shape index (κ1) is 13.0. The monoisotopic (exact) mass is 267 g/mol. The summed E-state index contributed by atoms with van der Waals surface area (Å²) in [4.78, 5) is 19.2. The molecule has 1 aromatic carbocycles. The van der Waals surface area contributed by atoms with Crippen LogP contribution in [-0.4, -0.2) is 15.9 Å². The van der Waals surface area contributed by atoms with Crippen LogP contribution in [0.3, 0.4) is 0 Å². The Kier molecular flexibility index (Phi) is 3.74. The topological polar surface area (TPSA) is 54.9 Å². The molecule has 98 valence electrons. The van der Waals surface area contributed by atoms with Gasteiger partial charge in [-0.3, -0.25) is 4.79 Å². The lowest BCUT2D eigenvalue weighted by Gasteiger charge is -2.05. The Balaban J connectivity index is 2.08. The maximum absolute atomic E-state index is 12.9. The summed E-state index contributed by atoms with van der Waals surface area (Å²) in [7, 11) is 0. The number of aromatic nitrogens is 2. The van der Waals surface area contributed by atoms with E-state index >= 15 is 0 Å². The van der Waals surface area contributed by atoms with Crippen LogP contribution in [0, 0.1) is 17.5 Å². The van der Waals surface area contributed by atoms with E-state index in [0.29, 0.717) is 17.8 Å². The minimum absolute atomic E-state index is 0.0714. The van der Waals surface area contributed by atoms with E-state index in [1.54, 1.807) is 6.07 Å². The second-order valence-electron chi connectivity index (χ2n) is 3.64. The molecule has 4 nitrogen and oxygen atoms in total. The molecule has 0 saturated carbocycles. The molecule has 1 heterocycles. The number of hydrogen-bond donors (Lipinski definition) is 1. The summed E-state index contributed by atoms with van der Waals surface area (Å²) >= 11 is 0. The molecule has 0 saturated heterocycles. The van der Waals surface area contributed by atoms with Crippen LogP contribution in [-0.2, 0) is 6.54 Å². The van der Waals surface area contributed by atoms with E-state index in [0.717, 1.165) is 0 Å². The number of nitrogens with one attached hydrogen (secondary N) is 1. The predicted octanol–water partition coefficient (Wildman–Crippen LogP) is 1.82. The van der Waals surface area contributed by atoms with Gasteiger partial charge in [-0.25, -0.2) is 23.1 Å². The Labute approximate surface area is 106 Å². The van der Waals surface area contributed by atoms with Gasteiger partial charge >= 0.3 is 0 Å². The maximum atomic E-state index is 12.9. The number of hydrogen-bond acceptors (Lipinski definition) is 3. The molecule has 1 amide bonds. The van der Waals surface area contributed by atoms with Crippen LogP contribution in [0.5, 0.6) is 0 Å². The number of carbonyl (C=O) groups is 1. The highest BCUT2D eigenvalue weighted by atomic mass is 19.2. The molecule has 2 rings (SSSR count). The molecule has 1 N–H and O–H groups in total. The van der Waals surface area contributed by atoms with Gasteiger partial charge in [-0.1, -0.05) is 0 Å². The molecule has 7 heteroatoms. The zero-order chi connectivity index (χ0) is 13.8. The van der Waals surface area contributed by atoms with Crippen LogP contribution < -0.4 is 5.32 Å². The number of nitrogens with zero attached hydrogens (tertiary/aromatic N) is 2. The van der Waals surface area contributed by atoms with Crippen LogP contribution in [0.1, 0.15) is 16.1 Å². The highest BCUT2D eigenvalue weighted by Crippen LogP contribution is 2.13. The van der Waals surface area contributed by atoms with Crippen LogP contribution >= 0.6 is 0 Å². The molecule has 0 radical (unpaired) electrons. The fourth-order valence-electron chi connectivity index (χ4n) is 1.38. The van der Waals surface area contributed by atoms with Crippen LogP contribution in [0.2, 0.25) is 0 Å². The molecule has 0 spiro atoms. The number of halogens is 3. The first-order chi connectivity index (χ1) is 9.08. The summed E-state index contributed by atoms with van der Waals surface area (Å²) in [6.45, 7) is 0.0714. The van der Waals surface area contributed by atoms with E-state index in [4.69, 9.17) is 0 Å². The quantitative estimate of drug-likeness (QED) is 0.863. The van der Waals surface area contributed by atoms with Crippen molar-refractivity contribution in [2.24, 2.45) is 0 Å². The summed E-state index contributed by atoms with van der Waals surface area (Å²) in [5.74, 6) is -5.15. The second-order valence-corrected chi connectivity index (χ2v) is 3.64. The fraction of sp³-hybridized carbons (Fsp3) is 0.0833. The molecule has 0 aliphatic carbocycles. The van der Waals surface area contributed by atoms with Crippen LogP contribution in [0.15, 0.2) is 30.7 Å². The zero-order valence-corrected chi connectivity index (χ0v) is 9.53. The highest BCUT2D eigenvalue weighted by Gasteiger charge is 2.14. The van der Waals surface area contributed by atoms with Gasteiger partial charge in [-0.05, 0) is 18.2 Å². The summed E-state index contributed by atoms with van der Waals surface area (Å²) in [6.07, 6.45) is 2.80. The summed E-state index contributed by atoms with van der Waals surface area (Å²) in [5, 5.41) is 2.40. The number of carbonyl (C=O) groups excluding carboxylic acids is 1. The van der Waals surface area contributed by atoms with Crippen molar-refractivity contribution in [3.05, 3.63) is 59.4 Å². The van der Waals surface area contributed by atoms with Crippen LogP contribution in [0.4, 0.5) is 13.2 Å². The van der Waals surface area contributed by atoms with Crippen molar-refractivity contribution in [3.8, 4) is 0 Å². The largest absolute Gasteiger partial charge is 0.346 e. The van der Waals surface area contributed by atoms with Gasteiger partial charge in [0, 0.05) is 11.8 Å². The summed E-state index contributed by atoms with van der Waals surface area (Å²) in [6, 6.07) is 2.84. The first-order valence-electron chi connectivity index (χ1n) is 5.25. The van der Waals surface area contributed by atoms with Crippen LogP contribution in [0.25, 0.3) is 0 Å². The molecule has 19 heavy (non-hydrogen) atoms. The Morgan fingerprint density at radius 1 is 1.21 bits per heavy atom. The van der Waals surface area contributed by atoms with E-state index in [1.165, 1.54) is 12.5 Å². The Morgan fingerprint density at radius 3 is 2.47 bits per heavy atom. The lowest BCUT2D eigenvalue weighted by Crippen LogP contribution is -2.23. The number of rotatable bonds is 3. The lowest BCUT2D eigenvalue weighted by atomic mass is 10.2. The molecule has 1 aromatic heterocycles. The van der Waals surface area contributed by atoms with E-state index in [2.05, 4.69) is 15.3 Å². The van der Waals surface area contributed by atoms with E-state index in [9.17, 15) is 18.0 Å². The van der Waals surface area contributed by atoms with Crippen molar-refractivity contribution in [1.82, 2.24) is 15.3 Å². The number of amides is 1. The minimum atomic E-state index is -1.60. The van der Waals surface area contributed by atoms with Gasteiger partial charge < -0.3 is 5.32 Å². The number of benzene rings is 1. The molecular weight excluding hydrogens is 259 g/mol. The third kappa shape index (κ3) is 3.06. The van der Waals surface area contributed by atoms with Crippen molar-refractivity contribution >= 4 is 5.91 Å². The van der Waals surface area contributed by atoms with E-state index < -0.39 is 23.4 Å². The van der Waals surface area contributed by atoms with Gasteiger partial charge in [0.1, 0.15) is 6.33 Å². The normalized spacial score (nSPS) is 10.3. The Bertz CT molecular complexity index is 581. The summed E-state index contributed by atoms with van der Waals surface area (Å²) < 4.78 is 38.6. The average molecular weight is 267 g/mol. The summed E-state index contributed by atoms with van der Waals surface area (Å²) in [5.41, 5.74) is 0.233. The van der Waals surface area contributed by atoms with Gasteiger partial charge in [0.2, 0.25) is 0 Å². The van der Waals surface area contributed by atoms with Gasteiger partial charge in [-0.15, -0.1) is 0 Å². The smallest absolute Gasteiger partial charge is 0.251 e. The van der Waals surface area contributed by atoms with Crippen molar-refractivity contribution < 1.29 is 18.0 Å². The Morgan fingerprint density at radius 2 is 1.89 bits per heavy atom. The SMILES string of the molecule is O=C(NCc1ccncn1)c1cc(F)c(F)c(F)c1. The second kappa shape index (κ2) is 5.47. The third-order valence-electron chi connectivity index (χ3n) is 2.32. The standard InChI is InChI=1S/C12H8F3N3O/c13-9-3-7(4-10(14)11(9)15)12(19)17-5-8-1-2-16-6-18-8/h1-4,6H,5H2,(H,17,19). The minimum Gasteiger partial charge on any atom is -0.346 e. The maximum Gasteiger partial charge on any atom is 0.251 e. The lowest BCUT2D eigenvalue weighted by molar-refractivity contribution is 0.0949. The molecule has 0 unspecified atom stereocenters. The van der Waals surface area contributed by atoms with Gasteiger partial charge in [-0.2, -0.15) is 0 Å². The predicted molar refractivity (Wildman–Crippen MR) is 59.5 cm³/mol. The third-order valence-corrected chi connectivity index (χ3v) is 2.32. The van der Waals surface area contributed by atoms with Crippen molar-refractivity contribution in [3.63, 3.8) is 0 Å². The molecule has 0 aliphatic heterocycles. The zero-order valence-electron chi connectivity index (χ0n) is 9.53. The van der Waals surface area contributed by atoms with Gasteiger partial charge in [0.25, 0.3) is 5.91 Å². The molecule has 2 aromatic rings. The fourth-order valence-corrected chi connectivity index (χ4v) is 1.38. The highest BCUT2D eigenvalue weighted by molar-refractivity contribution is 5.94. The molecular formula is C12H8F3N3O. The van der Waals surface area contributed by atoms with E-state index in [1.807, 2.05) is 0 Å². The first-order valence-corrected chi connectivity index (χ1v) is 5.25. The van der Waals surface area contributed by atoms with Crippen molar-refractivity contribution in [2.75, 3.05) is 0 Å². The molecule has 0 atom stereocenters. The molecule has 0 fully saturated rings. The van der Waals surface area contributed by atoms with E-state index in [-0.39, 0.29) is 12.1 Å². The van der Waals surface area contributed by atoms with Gasteiger partial charge in [0.05, 0.1) is 12.2 Å². The Hall–Kier alpha value is -2.44. The molecule has 0 aliphatic rings. The average Bonchev–Trinajstić information content (AvgIpc) is 2.42. The van der Waals surface area contributed by atoms with Gasteiger partial charge in [0.15, 0.2) is 17.5 Å². The molecule has 0 bridgehead atoms.